The average molecular weight is 481 g/mol. The molecule has 0 saturated carbocycles. The van der Waals surface area contributed by atoms with Gasteiger partial charge in [0, 0.05) is 11.4 Å². The first-order chi connectivity index (χ1) is 14.3. The molecule has 0 aliphatic rings. The number of carbonyl (C=O) groups excluding carboxylic acids is 1. The summed E-state index contributed by atoms with van der Waals surface area (Å²) in [6, 6.07) is 20.5. The third-order valence-corrected chi connectivity index (χ3v) is 7.19. The molecule has 0 aliphatic carbocycles. The largest absolute Gasteiger partial charge is 0.325 e. The minimum Gasteiger partial charge on any atom is -0.325 e. The molecule has 1 amide bonds. The van der Waals surface area contributed by atoms with Crippen LogP contribution in [0.4, 0.5) is 11.4 Å². The van der Waals surface area contributed by atoms with Crippen molar-refractivity contribution in [3.05, 3.63) is 88.4 Å². The Balaban J connectivity index is 1.57. The molecule has 0 fully saturated rings. The van der Waals surface area contributed by atoms with Gasteiger partial charge in [-0.05, 0) is 42.0 Å². The molecule has 2 N–H and O–H groups in total. The highest BCUT2D eigenvalue weighted by Gasteiger charge is 2.17. The van der Waals surface area contributed by atoms with Gasteiger partial charge in [0.05, 0.1) is 26.4 Å². The number of halogens is 2. The van der Waals surface area contributed by atoms with Gasteiger partial charge in [0.25, 0.3) is 10.0 Å². The van der Waals surface area contributed by atoms with E-state index >= 15 is 0 Å². The van der Waals surface area contributed by atoms with Crippen molar-refractivity contribution in [1.82, 2.24) is 0 Å². The number of amides is 1. The lowest BCUT2D eigenvalue weighted by molar-refractivity contribution is -0.113. The SMILES string of the molecule is O=C(CSCc1ccccc1)Nc1ccc(S(=O)(=O)Nc2cccc(Cl)c2Cl)cc1. The van der Waals surface area contributed by atoms with Gasteiger partial charge in [0.1, 0.15) is 0 Å². The van der Waals surface area contributed by atoms with Crippen LogP contribution in [0.15, 0.2) is 77.7 Å². The smallest absolute Gasteiger partial charge is 0.261 e. The van der Waals surface area contributed by atoms with Crippen molar-refractivity contribution in [1.29, 1.82) is 0 Å². The van der Waals surface area contributed by atoms with E-state index in [9.17, 15) is 13.2 Å². The predicted molar refractivity (Wildman–Crippen MR) is 125 cm³/mol. The Hall–Kier alpha value is -2.19. The Morgan fingerprint density at radius 1 is 0.900 bits per heavy atom. The van der Waals surface area contributed by atoms with Crippen molar-refractivity contribution >= 4 is 62.3 Å². The molecular formula is C21H18Cl2N2O3S2. The second-order valence-electron chi connectivity index (χ2n) is 6.26. The third kappa shape index (κ3) is 6.15. The van der Waals surface area contributed by atoms with Crippen LogP contribution in [0, 0.1) is 0 Å². The molecule has 0 heterocycles. The number of hydrogen-bond donors (Lipinski definition) is 2. The predicted octanol–water partition coefficient (Wildman–Crippen LogP) is 5.67. The molecule has 3 rings (SSSR count). The molecule has 5 nitrogen and oxygen atoms in total. The summed E-state index contributed by atoms with van der Waals surface area (Å²) in [5.41, 5.74) is 1.86. The number of hydrogen-bond acceptors (Lipinski definition) is 4. The van der Waals surface area contributed by atoms with E-state index in [0.29, 0.717) is 11.4 Å². The van der Waals surface area contributed by atoms with Crippen LogP contribution in [0.3, 0.4) is 0 Å². The van der Waals surface area contributed by atoms with Crippen LogP contribution in [-0.4, -0.2) is 20.1 Å². The molecule has 156 valence electrons. The summed E-state index contributed by atoms with van der Waals surface area (Å²) in [5.74, 6) is 0.878. The minimum atomic E-state index is -3.85. The molecule has 0 bridgehead atoms. The first-order valence-electron chi connectivity index (χ1n) is 8.83. The van der Waals surface area contributed by atoms with Gasteiger partial charge in [-0.15, -0.1) is 11.8 Å². The molecule has 30 heavy (non-hydrogen) atoms. The summed E-state index contributed by atoms with van der Waals surface area (Å²) in [5, 5.41) is 3.13. The van der Waals surface area contributed by atoms with E-state index in [0.717, 1.165) is 11.3 Å². The van der Waals surface area contributed by atoms with Crippen LogP contribution in [0.5, 0.6) is 0 Å². The molecule has 0 unspecified atom stereocenters. The quantitative estimate of drug-likeness (QED) is 0.435. The monoisotopic (exact) mass is 480 g/mol. The van der Waals surface area contributed by atoms with Crippen LogP contribution in [-0.2, 0) is 20.6 Å². The fourth-order valence-corrected chi connectivity index (χ4v) is 4.80. The van der Waals surface area contributed by atoms with Crippen molar-refractivity contribution in [3.8, 4) is 0 Å². The van der Waals surface area contributed by atoms with E-state index in [2.05, 4.69) is 10.0 Å². The zero-order valence-corrected chi connectivity index (χ0v) is 18.8. The number of carbonyl (C=O) groups is 1. The second-order valence-corrected chi connectivity index (χ2v) is 9.71. The van der Waals surface area contributed by atoms with Gasteiger partial charge >= 0.3 is 0 Å². The molecule has 0 spiro atoms. The summed E-state index contributed by atoms with van der Waals surface area (Å²) in [7, 11) is -3.85. The molecule has 3 aromatic carbocycles. The minimum absolute atomic E-state index is 0.0370. The van der Waals surface area contributed by atoms with Crippen molar-refractivity contribution in [3.63, 3.8) is 0 Å². The standard InChI is InChI=1S/C21H18Cl2N2O3S2/c22-18-7-4-8-19(21(18)23)25-30(27,28)17-11-9-16(10-12-17)24-20(26)14-29-13-15-5-2-1-3-6-15/h1-12,25H,13-14H2,(H,24,26). The maximum absolute atomic E-state index is 12.6. The average Bonchev–Trinajstić information content (AvgIpc) is 2.72. The first kappa shape index (κ1) is 22.5. The fraction of sp³-hybridized carbons (Fsp3) is 0.0952. The first-order valence-corrected chi connectivity index (χ1v) is 12.2. The second kappa shape index (κ2) is 10.2. The van der Waals surface area contributed by atoms with Crippen LogP contribution in [0.1, 0.15) is 5.56 Å². The summed E-state index contributed by atoms with van der Waals surface area (Å²) in [6.45, 7) is 0. The Labute approximate surface area is 189 Å². The van der Waals surface area contributed by atoms with Gasteiger partial charge in [0.2, 0.25) is 5.91 Å². The highest BCUT2D eigenvalue weighted by Crippen LogP contribution is 2.31. The van der Waals surface area contributed by atoms with Gasteiger partial charge in [-0.2, -0.15) is 0 Å². The lowest BCUT2D eigenvalue weighted by Crippen LogP contribution is -2.15. The number of rotatable bonds is 8. The maximum Gasteiger partial charge on any atom is 0.261 e. The van der Waals surface area contributed by atoms with Crippen molar-refractivity contribution in [2.24, 2.45) is 0 Å². The van der Waals surface area contributed by atoms with Crippen LogP contribution in [0.25, 0.3) is 0 Å². The topological polar surface area (TPSA) is 75.3 Å². The van der Waals surface area contributed by atoms with Gasteiger partial charge < -0.3 is 5.32 Å². The Kier molecular flexibility index (Phi) is 7.66. The van der Waals surface area contributed by atoms with E-state index in [1.807, 2.05) is 30.3 Å². The lowest BCUT2D eigenvalue weighted by Gasteiger charge is -2.11. The zero-order chi connectivity index (χ0) is 21.6. The molecule has 3 aromatic rings. The van der Waals surface area contributed by atoms with Crippen molar-refractivity contribution < 1.29 is 13.2 Å². The summed E-state index contributed by atoms with van der Waals surface area (Å²) >= 11 is 13.5. The molecule has 0 aliphatic heterocycles. The maximum atomic E-state index is 12.6. The van der Waals surface area contributed by atoms with E-state index in [1.165, 1.54) is 42.1 Å². The van der Waals surface area contributed by atoms with E-state index in [4.69, 9.17) is 23.2 Å². The number of anilines is 2. The summed E-state index contributed by atoms with van der Waals surface area (Å²) in [4.78, 5) is 12.1. The van der Waals surface area contributed by atoms with Crippen LogP contribution in [0.2, 0.25) is 10.0 Å². The molecule has 0 atom stereocenters. The van der Waals surface area contributed by atoms with E-state index in [-0.39, 0.29) is 26.5 Å². The Bertz CT molecular complexity index is 1120. The highest BCUT2D eigenvalue weighted by molar-refractivity contribution is 7.99. The van der Waals surface area contributed by atoms with E-state index in [1.54, 1.807) is 12.1 Å². The number of benzene rings is 3. The van der Waals surface area contributed by atoms with Crippen LogP contribution < -0.4 is 10.0 Å². The van der Waals surface area contributed by atoms with E-state index < -0.39 is 10.0 Å². The number of nitrogens with one attached hydrogen (secondary N) is 2. The Morgan fingerprint density at radius 2 is 1.60 bits per heavy atom. The van der Waals surface area contributed by atoms with Crippen molar-refractivity contribution in [2.75, 3.05) is 15.8 Å². The number of thioether (sulfide) groups is 1. The zero-order valence-electron chi connectivity index (χ0n) is 15.6. The molecule has 0 saturated heterocycles. The fourth-order valence-electron chi connectivity index (χ4n) is 2.54. The third-order valence-electron chi connectivity index (χ3n) is 3.99. The lowest BCUT2D eigenvalue weighted by atomic mass is 10.2. The van der Waals surface area contributed by atoms with Crippen molar-refractivity contribution in [2.45, 2.75) is 10.6 Å². The molecule has 9 heteroatoms. The summed E-state index contributed by atoms with van der Waals surface area (Å²) in [6.07, 6.45) is 0. The van der Waals surface area contributed by atoms with Gasteiger partial charge in [-0.3, -0.25) is 9.52 Å². The molecule has 0 aromatic heterocycles. The van der Waals surface area contributed by atoms with Gasteiger partial charge in [-0.1, -0.05) is 59.6 Å². The molecule has 0 radical (unpaired) electrons. The molecular weight excluding hydrogens is 463 g/mol. The van der Waals surface area contributed by atoms with Crippen LogP contribution >= 0.6 is 35.0 Å². The summed E-state index contributed by atoms with van der Waals surface area (Å²) < 4.78 is 27.6. The van der Waals surface area contributed by atoms with Gasteiger partial charge in [-0.25, -0.2) is 8.42 Å². The normalized spacial score (nSPS) is 11.1. The number of sulfonamides is 1. The Morgan fingerprint density at radius 3 is 2.30 bits per heavy atom. The highest BCUT2D eigenvalue weighted by atomic mass is 35.5. The van der Waals surface area contributed by atoms with Gasteiger partial charge in [0.15, 0.2) is 0 Å².